The molecule has 98 valence electrons. The van der Waals surface area contributed by atoms with Crippen LogP contribution in [0.2, 0.25) is 0 Å². The number of thioether (sulfide) groups is 1. The highest BCUT2D eigenvalue weighted by atomic mass is 32.2. The zero-order valence-corrected chi connectivity index (χ0v) is 12.0. The molecule has 1 N–H and O–H groups in total. The second kappa shape index (κ2) is 5.55. The van der Waals surface area contributed by atoms with Crippen LogP contribution in [-0.4, -0.2) is 17.5 Å². The van der Waals surface area contributed by atoms with Crippen molar-refractivity contribution in [2.75, 3.05) is 16.8 Å². The van der Waals surface area contributed by atoms with Crippen LogP contribution in [-0.2, 0) is 0 Å². The predicted octanol–water partition coefficient (Wildman–Crippen LogP) is 3.37. The number of nitrogens with zero attached hydrogens (tertiary/aromatic N) is 2. The summed E-state index contributed by atoms with van der Waals surface area (Å²) in [5, 5.41) is 21.4. The molecule has 0 bridgehead atoms. The molecule has 1 aromatic carbocycles. The van der Waals surface area contributed by atoms with Crippen LogP contribution >= 0.6 is 11.8 Å². The Labute approximate surface area is 118 Å². The van der Waals surface area contributed by atoms with Crippen molar-refractivity contribution in [2.24, 2.45) is 5.41 Å². The SMILES string of the molecule is CC1(C)CSCC(Nc2ccc(C#N)c(C#N)c2)C1. The molecular formula is C15H17N3S. The predicted molar refractivity (Wildman–Crippen MR) is 79.0 cm³/mol. The normalized spacial score (nSPS) is 21.2. The molecule has 4 heteroatoms. The van der Waals surface area contributed by atoms with Gasteiger partial charge in [-0.05, 0) is 35.8 Å². The maximum atomic E-state index is 9.03. The van der Waals surface area contributed by atoms with E-state index in [-0.39, 0.29) is 0 Å². The Morgan fingerprint density at radius 1 is 1.26 bits per heavy atom. The minimum absolute atomic E-state index is 0.352. The average molecular weight is 271 g/mol. The minimum atomic E-state index is 0.352. The zero-order chi connectivity index (χ0) is 13.9. The lowest BCUT2D eigenvalue weighted by atomic mass is 9.87. The largest absolute Gasteiger partial charge is 0.381 e. The molecule has 1 aromatic rings. The van der Waals surface area contributed by atoms with Crippen molar-refractivity contribution in [3.8, 4) is 12.1 Å². The molecular weight excluding hydrogens is 254 g/mol. The van der Waals surface area contributed by atoms with Gasteiger partial charge in [0.05, 0.1) is 11.1 Å². The lowest BCUT2D eigenvalue weighted by Gasteiger charge is -2.35. The first kappa shape index (κ1) is 13.8. The van der Waals surface area contributed by atoms with E-state index in [9.17, 15) is 0 Å². The lowest BCUT2D eigenvalue weighted by Crippen LogP contribution is -2.35. The Kier molecular flexibility index (Phi) is 4.02. The summed E-state index contributed by atoms with van der Waals surface area (Å²) >= 11 is 1.97. The molecule has 1 atom stereocenters. The number of hydrogen-bond donors (Lipinski definition) is 1. The fourth-order valence-electron chi connectivity index (χ4n) is 2.41. The molecule has 1 saturated heterocycles. The fraction of sp³-hybridized carbons (Fsp3) is 0.467. The second-order valence-electron chi connectivity index (χ2n) is 5.71. The topological polar surface area (TPSA) is 59.6 Å². The van der Waals surface area contributed by atoms with Crippen LogP contribution in [0.5, 0.6) is 0 Å². The van der Waals surface area contributed by atoms with E-state index in [1.54, 1.807) is 12.1 Å². The third-order valence-electron chi connectivity index (χ3n) is 3.24. The Morgan fingerprint density at radius 3 is 2.63 bits per heavy atom. The van der Waals surface area contributed by atoms with Crippen molar-refractivity contribution in [3.63, 3.8) is 0 Å². The van der Waals surface area contributed by atoms with E-state index in [0.717, 1.165) is 17.9 Å². The maximum absolute atomic E-state index is 9.03. The van der Waals surface area contributed by atoms with Crippen LogP contribution in [0.25, 0.3) is 0 Å². The lowest BCUT2D eigenvalue weighted by molar-refractivity contribution is 0.358. The van der Waals surface area contributed by atoms with Crippen molar-refractivity contribution in [1.29, 1.82) is 10.5 Å². The Hall–Kier alpha value is -1.65. The van der Waals surface area contributed by atoms with Gasteiger partial charge in [0, 0.05) is 17.5 Å². The average Bonchev–Trinajstić information content (AvgIpc) is 2.37. The van der Waals surface area contributed by atoms with Crippen LogP contribution in [0, 0.1) is 28.1 Å². The summed E-state index contributed by atoms with van der Waals surface area (Å²) in [5.41, 5.74) is 2.16. The molecule has 0 aromatic heterocycles. The van der Waals surface area contributed by atoms with Crippen molar-refractivity contribution in [1.82, 2.24) is 0 Å². The van der Waals surface area contributed by atoms with Gasteiger partial charge in [-0.25, -0.2) is 0 Å². The van der Waals surface area contributed by atoms with Gasteiger partial charge in [-0.3, -0.25) is 0 Å². The summed E-state index contributed by atoms with van der Waals surface area (Å²) in [6.07, 6.45) is 1.13. The Balaban J connectivity index is 2.12. The molecule has 1 aliphatic heterocycles. The van der Waals surface area contributed by atoms with Gasteiger partial charge in [-0.1, -0.05) is 13.8 Å². The monoisotopic (exact) mass is 271 g/mol. The highest BCUT2D eigenvalue weighted by Gasteiger charge is 2.28. The molecule has 3 nitrogen and oxygen atoms in total. The fourth-order valence-corrected chi connectivity index (χ4v) is 3.69. The molecule has 0 amide bonds. The summed E-state index contributed by atoms with van der Waals surface area (Å²) in [4.78, 5) is 0. The number of benzene rings is 1. The highest BCUT2D eigenvalue weighted by molar-refractivity contribution is 7.99. The Morgan fingerprint density at radius 2 is 2.00 bits per heavy atom. The van der Waals surface area contributed by atoms with Gasteiger partial charge < -0.3 is 5.32 Å². The van der Waals surface area contributed by atoms with Crippen LogP contribution in [0.15, 0.2) is 18.2 Å². The molecule has 1 aliphatic rings. The van der Waals surface area contributed by atoms with Crippen molar-refractivity contribution in [3.05, 3.63) is 29.3 Å². The van der Waals surface area contributed by atoms with E-state index in [2.05, 4.69) is 25.2 Å². The summed E-state index contributed by atoms with van der Waals surface area (Å²) < 4.78 is 0. The summed E-state index contributed by atoms with van der Waals surface area (Å²) in [5.74, 6) is 2.29. The Bertz CT molecular complexity index is 551. The maximum Gasteiger partial charge on any atom is 0.101 e. The standard InChI is InChI=1S/C15H17N3S/c1-15(2)6-14(9-19-10-15)18-13-4-3-11(7-16)12(5-13)8-17/h3-5,14,18H,6,9-10H2,1-2H3. The third-order valence-corrected chi connectivity index (χ3v) is 4.87. The van der Waals surface area contributed by atoms with E-state index in [1.807, 2.05) is 23.9 Å². The molecule has 0 spiro atoms. The third kappa shape index (κ3) is 3.43. The highest BCUT2D eigenvalue weighted by Crippen LogP contribution is 2.34. The van der Waals surface area contributed by atoms with Crippen LogP contribution in [0.3, 0.4) is 0 Å². The van der Waals surface area contributed by atoms with E-state index in [1.165, 1.54) is 5.75 Å². The molecule has 0 aliphatic carbocycles. The zero-order valence-electron chi connectivity index (χ0n) is 11.2. The number of nitriles is 2. The number of hydrogen-bond acceptors (Lipinski definition) is 4. The molecule has 1 heterocycles. The van der Waals surface area contributed by atoms with E-state index < -0.39 is 0 Å². The van der Waals surface area contributed by atoms with Gasteiger partial charge in [0.25, 0.3) is 0 Å². The quantitative estimate of drug-likeness (QED) is 0.896. The number of anilines is 1. The van der Waals surface area contributed by atoms with E-state index >= 15 is 0 Å². The molecule has 1 fully saturated rings. The van der Waals surface area contributed by atoms with Gasteiger partial charge in [-0.2, -0.15) is 22.3 Å². The second-order valence-corrected chi connectivity index (χ2v) is 6.74. The van der Waals surface area contributed by atoms with Crippen LogP contribution in [0.1, 0.15) is 31.4 Å². The van der Waals surface area contributed by atoms with E-state index in [0.29, 0.717) is 22.6 Å². The van der Waals surface area contributed by atoms with Crippen LogP contribution < -0.4 is 5.32 Å². The summed E-state index contributed by atoms with van der Waals surface area (Å²) in [6.45, 7) is 4.57. The summed E-state index contributed by atoms with van der Waals surface area (Å²) in [7, 11) is 0. The number of rotatable bonds is 2. The van der Waals surface area contributed by atoms with Gasteiger partial charge >= 0.3 is 0 Å². The molecule has 0 saturated carbocycles. The first-order chi connectivity index (χ1) is 9.04. The molecule has 1 unspecified atom stereocenters. The first-order valence-corrected chi connectivity index (χ1v) is 7.48. The van der Waals surface area contributed by atoms with Crippen molar-refractivity contribution < 1.29 is 0 Å². The van der Waals surface area contributed by atoms with Gasteiger partial charge in [-0.15, -0.1) is 0 Å². The van der Waals surface area contributed by atoms with Gasteiger partial charge in [0.15, 0.2) is 0 Å². The van der Waals surface area contributed by atoms with Gasteiger partial charge in [0.1, 0.15) is 12.1 Å². The molecule has 19 heavy (non-hydrogen) atoms. The van der Waals surface area contributed by atoms with E-state index in [4.69, 9.17) is 10.5 Å². The summed E-state index contributed by atoms with van der Waals surface area (Å²) in [6, 6.07) is 9.89. The van der Waals surface area contributed by atoms with Crippen molar-refractivity contribution in [2.45, 2.75) is 26.3 Å². The van der Waals surface area contributed by atoms with Gasteiger partial charge in [0.2, 0.25) is 0 Å². The molecule has 2 rings (SSSR count). The smallest absolute Gasteiger partial charge is 0.101 e. The minimum Gasteiger partial charge on any atom is -0.381 e. The molecule has 0 radical (unpaired) electrons. The van der Waals surface area contributed by atoms with Crippen LogP contribution in [0.4, 0.5) is 5.69 Å². The number of nitrogens with one attached hydrogen (secondary N) is 1. The first-order valence-electron chi connectivity index (χ1n) is 6.32. The van der Waals surface area contributed by atoms with Crippen molar-refractivity contribution >= 4 is 17.4 Å².